The Kier molecular flexibility index (Phi) is 4.52. The third-order valence-electron chi connectivity index (χ3n) is 4.87. The molecule has 17 heavy (non-hydrogen) atoms. The molecule has 0 saturated carbocycles. The Morgan fingerprint density at radius 1 is 1.12 bits per heavy atom. The first kappa shape index (κ1) is 13.4. The van der Waals surface area contributed by atoms with Crippen LogP contribution in [0.4, 0.5) is 0 Å². The smallest absolute Gasteiger partial charge is 0.0101 e. The molecule has 1 nitrogen and oxygen atoms in total. The second kappa shape index (κ2) is 5.73. The molecular formula is C16H31N. The molecule has 0 aromatic carbocycles. The maximum absolute atomic E-state index is 2.81. The van der Waals surface area contributed by atoms with Gasteiger partial charge in [0, 0.05) is 12.6 Å². The van der Waals surface area contributed by atoms with E-state index in [2.05, 4.69) is 32.6 Å². The minimum absolute atomic E-state index is 0.869. The van der Waals surface area contributed by atoms with Crippen molar-refractivity contribution in [2.75, 3.05) is 13.1 Å². The van der Waals surface area contributed by atoms with Gasteiger partial charge in [0.15, 0.2) is 0 Å². The normalized spacial score (nSPS) is 37.1. The monoisotopic (exact) mass is 237 g/mol. The second-order valence-electron chi connectivity index (χ2n) is 7.29. The molecule has 0 aliphatic carbocycles. The third-order valence-corrected chi connectivity index (χ3v) is 4.87. The maximum Gasteiger partial charge on any atom is 0.0101 e. The first-order valence-electron chi connectivity index (χ1n) is 7.80. The van der Waals surface area contributed by atoms with Crippen LogP contribution in [0.15, 0.2) is 0 Å². The lowest BCUT2D eigenvalue weighted by Gasteiger charge is -2.50. The van der Waals surface area contributed by atoms with Crippen LogP contribution >= 0.6 is 0 Å². The van der Waals surface area contributed by atoms with Gasteiger partial charge in [-0.2, -0.15) is 0 Å². The van der Waals surface area contributed by atoms with E-state index in [0.717, 1.165) is 29.7 Å². The topological polar surface area (TPSA) is 3.24 Å². The fraction of sp³-hybridized carbons (Fsp3) is 1.00. The Hall–Kier alpha value is -0.0400. The molecule has 3 saturated heterocycles. The van der Waals surface area contributed by atoms with Crippen LogP contribution in [0.3, 0.4) is 0 Å². The molecule has 3 heterocycles. The van der Waals surface area contributed by atoms with E-state index in [4.69, 9.17) is 0 Å². The molecule has 3 aliphatic heterocycles. The summed E-state index contributed by atoms with van der Waals surface area (Å²) in [4.78, 5) is 2.81. The first-order chi connectivity index (χ1) is 8.06. The Labute approximate surface area is 108 Å². The summed E-state index contributed by atoms with van der Waals surface area (Å²) < 4.78 is 0. The zero-order valence-electron chi connectivity index (χ0n) is 12.3. The van der Waals surface area contributed by atoms with Crippen molar-refractivity contribution < 1.29 is 0 Å². The Bertz CT molecular complexity index is 234. The van der Waals surface area contributed by atoms with Crippen molar-refractivity contribution in [1.29, 1.82) is 0 Å². The molecule has 100 valence electrons. The largest absolute Gasteiger partial charge is 0.300 e. The van der Waals surface area contributed by atoms with Crippen LogP contribution in [-0.2, 0) is 0 Å². The zero-order valence-corrected chi connectivity index (χ0v) is 12.3. The Morgan fingerprint density at radius 3 is 2.41 bits per heavy atom. The molecule has 0 spiro atoms. The van der Waals surface area contributed by atoms with Gasteiger partial charge in [-0.25, -0.2) is 0 Å². The van der Waals surface area contributed by atoms with Crippen LogP contribution in [0.5, 0.6) is 0 Å². The highest BCUT2D eigenvalue weighted by Gasteiger charge is 2.39. The highest BCUT2D eigenvalue weighted by molar-refractivity contribution is 4.92. The van der Waals surface area contributed by atoms with E-state index in [1.54, 1.807) is 0 Å². The predicted molar refractivity (Wildman–Crippen MR) is 75.1 cm³/mol. The first-order valence-corrected chi connectivity index (χ1v) is 7.80. The third kappa shape index (κ3) is 3.47. The molecule has 3 fully saturated rings. The number of nitrogens with zero attached hydrogens (tertiary/aromatic N) is 1. The van der Waals surface area contributed by atoms with E-state index in [-0.39, 0.29) is 0 Å². The molecule has 0 aromatic rings. The van der Waals surface area contributed by atoms with Gasteiger partial charge in [0.25, 0.3) is 0 Å². The highest BCUT2D eigenvalue weighted by atomic mass is 15.2. The summed E-state index contributed by atoms with van der Waals surface area (Å²) in [6.07, 6.45) is 7.32. The highest BCUT2D eigenvalue weighted by Crippen LogP contribution is 2.40. The molecule has 0 aromatic heterocycles. The van der Waals surface area contributed by atoms with Gasteiger partial charge in [-0.15, -0.1) is 0 Å². The lowest BCUT2D eigenvalue weighted by Crippen LogP contribution is -2.53. The van der Waals surface area contributed by atoms with E-state index < -0.39 is 0 Å². The summed E-state index contributed by atoms with van der Waals surface area (Å²) in [6, 6.07) is 0.920. The van der Waals surface area contributed by atoms with Gasteiger partial charge in [0.1, 0.15) is 0 Å². The average Bonchev–Trinajstić information content (AvgIpc) is 2.26. The van der Waals surface area contributed by atoms with E-state index in [0.29, 0.717) is 0 Å². The van der Waals surface area contributed by atoms with Crippen molar-refractivity contribution in [3.05, 3.63) is 0 Å². The minimum Gasteiger partial charge on any atom is -0.300 e. The van der Waals surface area contributed by atoms with Gasteiger partial charge in [-0.3, -0.25) is 0 Å². The van der Waals surface area contributed by atoms with Gasteiger partial charge in [0.05, 0.1) is 0 Å². The molecular weight excluding hydrogens is 206 g/mol. The molecule has 1 heteroatoms. The van der Waals surface area contributed by atoms with Crippen molar-refractivity contribution in [3.8, 4) is 0 Å². The van der Waals surface area contributed by atoms with Crippen LogP contribution in [0.1, 0.15) is 59.8 Å². The second-order valence-corrected chi connectivity index (χ2v) is 7.29. The number of piperidine rings is 3. The number of hydrogen-bond acceptors (Lipinski definition) is 1. The van der Waals surface area contributed by atoms with Crippen molar-refractivity contribution in [3.63, 3.8) is 0 Å². The molecule has 0 N–H and O–H groups in total. The van der Waals surface area contributed by atoms with Crippen molar-refractivity contribution in [1.82, 2.24) is 4.90 Å². The summed E-state index contributed by atoms with van der Waals surface area (Å²) in [7, 11) is 0. The van der Waals surface area contributed by atoms with E-state index in [9.17, 15) is 0 Å². The molecule has 0 radical (unpaired) electrons. The van der Waals surface area contributed by atoms with E-state index in [1.165, 1.54) is 45.2 Å². The fourth-order valence-corrected chi connectivity index (χ4v) is 3.91. The number of hydrogen-bond donors (Lipinski definition) is 0. The van der Waals surface area contributed by atoms with E-state index in [1.807, 2.05) is 0 Å². The van der Waals surface area contributed by atoms with Gasteiger partial charge in [-0.05, 0) is 55.9 Å². The summed E-state index contributed by atoms with van der Waals surface area (Å²) >= 11 is 0. The van der Waals surface area contributed by atoms with Crippen LogP contribution in [0.2, 0.25) is 0 Å². The minimum atomic E-state index is 0.869. The quantitative estimate of drug-likeness (QED) is 0.693. The van der Waals surface area contributed by atoms with Crippen LogP contribution in [0.25, 0.3) is 0 Å². The van der Waals surface area contributed by atoms with Crippen molar-refractivity contribution in [2.24, 2.45) is 23.7 Å². The predicted octanol–water partition coefficient (Wildman–Crippen LogP) is 4.18. The van der Waals surface area contributed by atoms with Crippen LogP contribution < -0.4 is 0 Å². The van der Waals surface area contributed by atoms with Crippen molar-refractivity contribution >= 4 is 0 Å². The Balaban J connectivity index is 1.84. The molecule has 2 bridgehead atoms. The van der Waals surface area contributed by atoms with Crippen LogP contribution in [0, 0.1) is 23.7 Å². The SMILES string of the molecule is CC(C)CCC1CN2CCC1CC2CC(C)C. The lowest BCUT2D eigenvalue weighted by atomic mass is 9.72. The molecule has 4 unspecified atom stereocenters. The molecule has 3 rings (SSSR count). The van der Waals surface area contributed by atoms with Gasteiger partial charge >= 0.3 is 0 Å². The summed E-state index contributed by atoms with van der Waals surface area (Å²) in [6.45, 7) is 12.3. The number of fused-ring (bicyclic) bond motifs is 3. The molecule has 3 aliphatic rings. The fourth-order valence-electron chi connectivity index (χ4n) is 3.91. The summed E-state index contributed by atoms with van der Waals surface area (Å²) in [5.74, 6) is 3.84. The summed E-state index contributed by atoms with van der Waals surface area (Å²) in [5.41, 5.74) is 0. The lowest BCUT2D eigenvalue weighted by molar-refractivity contribution is -0.0112. The molecule has 0 amide bonds. The number of rotatable bonds is 5. The maximum atomic E-state index is 2.81. The van der Waals surface area contributed by atoms with Crippen LogP contribution in [-0.4, -0.2) is 24.0 Å². The van der Waals surface area contributed by atoms with Gasteiger partial charge in [0.2, 0.25) is 0 Å². The van der Waals surface area contributed by atoms with Gasteiger partial charge in [-0.1, -0.05) is 34.1 Å². The molecule has 4 atom stereocenters. The average molecular weight is 237 g/mol. The van der Waals surface area contributed by atoms with Gasteiger partial charge < -0.3 is 4.90 Å². The summed E-state index contributed by atoms with van der Waals surface area (Å²) in [5, 5.41) is 0. The zero-order chi connectivity index (χ0) is 12.4. The van der Waals surface area contributed by atoms with Crippen molar-refractivity contribution in [2.45, 2.75) is 65.8 Å². The van der Waals surface area contributed by atoms with E-state index >= 15 is 0 Å². The Morgan fingerprint density at radius 2 is 1.88 bits per heavy atom. The standard InChI is InChI=1S/C16H31N/c1-12(2)5-6-15-11-17-8-7-14(15)10-16(17)9-13(3)4/h12-16H,5-11H2,1-4H3.